The second-order valence-corrected chi connectivity index (χ2v) is 7.64. The average Bonchev–Trinajstić information content (AvgIpc) is 3.24. The Morgan fingerprint density at radius 2 is 1.96 bits per heavy atom. The van der Waals surface area contributed by atoms with Gasteiger partial charge in [0.25, 0.3) is 5.91 Å². The minimum atomic E-state index is -0.00393. The molecule has 1 atom stereocenters. The van der Waals surface area contributed by atoms with Crippen molar-refractivity contribution in [3.8, 4) is 5.75 Å². The van der Waals surface area contributed by atoms with Gasteiger partial charge in [0.05, 0.1) is 12.6 Å². The lowest BCUT2D eigenvalue weighted by molar-refractivity contribution is -0.137. The molecule has 0 fully saturated rings. The number of nitrogens with zero attached hydrogens (tertiary/aromatic N) is 2. The van der Waals surface area contributed by atoms with E-state index in [1.165, 1.54) is 11.1 Å². The Kier molecular flexibility index (Phi) is 5.49. The van der Waals surface area contributed by atoms with Crippen molar-refractivity contribution in [2.24, 2.45) is 0 Å². The van der Waals surface area contributed by atoms with E-state index in [9.17, 15) is 4.79 Å². The number of hydrogen-bond donors (Lipinski definition) is 0. The van der Waals surface area contributed by atoms with Gasteiger partial charge in [-0.05, 0) is 42.5 Å². The van der Waals surface area contributed by atoms with Crippen molar-refractivity contribution in [1.82, 2.24) is 9.88 Å². The van der Waals surface area contributed by atoms with E-state index in [4.69, 9.17) is 4.74 Å². The molecule has 1 heterocycles. The molecule has 1 aliphatic rings. The Bertz CT molecular complexity index is 880. The smallest absolute Gasteiger partial charge is 0.261 e. The zero-order chi connectivity index (χ0) is 18.5. The van der Waals surface area contributed by atoms with Crippen molar-refractivity contribution < 1.29 is 9.53 Å². The lowest BCUT2D eigenvalue weighted by atomic mass is 9.86. The van der Waals surface area contributed by atoms with Crippen LogP contribution in [0.3, 0.4) is 0 Å². The van der Waals surface area contributed by atoms with Gasteiger partial charge in [-0.2, -0.15) is 0 Å². The molecule has 1 unspecified atom stereocenters. The third-order valence-corrected chi connectivity index (χ3v) is 5.69. The van der Waals surface area contributed by atoms with Crippen LogP contribution in [0.15, 0.2) is 66.2 Å². The van der Waals surface area contributed by atoms with Gasteiger partial charge in [-0.1, -0.05) is 42.5 Å². The second kappa shape index (κ2) is 8.35. The van der Waals surface area contributed by atoms with E-state index in [1.54, 1.807) is 17.5 Å². The Labute approximate surface area is 163 Å². The summed E-state index contributed by atoms with van der Waals surface area (Å²) in [7, 11) is 0. The van der Waals surface area contributed by atoms with E-state index >= 15 is 0 Å². The van der Waals surface area contributed by atoms with Crippen LogP contribution in [0.5, 0.6) is 5.75 Å². The molecule has 4 rings (SSSR count). The molecule has 2 aromatic carbocycles. The van der Waals surface area contributed by atoms with Gasteiger partial charge in [-0.15, -0.1) is 11.3 Å². The average molecular weight is 378 g/mol. The van der Waals surface area contributed by atoms with Crippen LogP contribution >= 0.6 is 11.3 Å². The number of thiazole rings is 1. The number of carbonyl (C=O) groups is 1. The quantitative estimate of drug-likeness (QED) is 0.628. The first-order valence-corrected chi connectivity index (χ1v) is 10.1. The number of aryl methyl sites for hydroxylation is 1. The molecular formula is C22H22N2O2S. The van der Waals surface area contributed by atoms with Gasteiger partial charge < -0.3 is 9.64 Å². The standard InChI is InChI=1S/C22H22N2O2S/c25-22(16-26-18-9-2-1-3-10-18)24(15-21-23-13-14-27-21)20-12-6-8-17-7-4-5-11-19(17)20/h1-5,7,9-11,13-14,20H,6,8,12,15-16H2. The van der Waals surface area contributed by atoms with Gasteiger partial charge in [0, 0.05) is 11.6 Å². The van der Waals surface area contributed by atoms with Gasteiger partial charge >= 0.3 is 0 Å². The van der Waals surface area contributed by atoms with Crippen molar-refractivity contribution in [2.75, 3.05) is 6.61 Å². The summed E-state index contributed by atoms with van der Waals surface area (Å²) in [5, 5.41) is 2.90. The monoisotopic (exact) mass is 378 g/mol. The number of aromatic nitrogens is 1. The summed E-state index contributed by atoms with van der Waals surface area (Å²) >= 11 is 1.58. The van der Waals surface area contributed by atoms with E-state index < -0.39 is 0 Å². The van der Waals surface area contributed by atoms with E-state index in [-0.39, 0.29) is 18.6 Å². The topological polar surface area (TPSA) is 42.4 Å². The van der Waals surface area contributed by atoms with Crippen LogP contribution < -0.4 is 4.74 Å². The summed E-state index contributed by atoms with van der Waals surface area (Å²) in [5.41, 5.74) is 2.60. The molecular weight excluding hydrogens is 356 g/mol. The van der Waals surface area contributed by atoms with Crippen LogP contribution in [-0.4, -0.2) is 22.4 Å². The number of ether oxygens (including phenoxy) is 1. The first-order valence-electron chi connectivity index (χ1n) is 9.25. The summed E-state index contributed by atoms with van der Waals surface area (Å²) in [6, 6.07) is 18.0. The first kappa shape index (κ1) is 17.7. The fraction of sp³-hybridized carbons (Fsp3) is 0.273. The Morgan fingerprint density at radius 1 is 1.15 bits per heavy atom. The predicted molar refractivity (Wildman–Crippen MR) is 107 cm³/mol. The van der Waals surface area contributed by atoms with Crippen LogP contribution in [0.4, 0.5) is 0 Å². The summed E-state index contributed by atoms with van der Waals surface area (Å²) in [6.07, 6.45) is 4.92. The molecule has 0 spiro atoms. The molecule has 0 N–H and O–H groups in total. The molecule has 0 saturated heterocycles. The highest BCUT2D eigenvalue weighted by atomic mass is 32.1. The molecule has 1 aliphatic carbocycles. The van der Waals surface area contributed by atoms with Crippen LogP contribution in [0, 0.1) is 0 Å². The first-order chi connectivity index (χ1) is 13.3. The maximum atomic E-state index is 13.1. The zero-order valence-corrected chi connectivity index (χ0v) is 15.9. The van der Waals surface area contributed by atoms with Gasteiger partial charge in [-0.3, -0.25) is 4.79 Å². The lowest BCUT2D eigenvalue weighted by Gasteiger charge is -2.35. The summed E-state index contributed by atoms with van der Waals surface area (Å²) in [5.74, 6) is 0.708. The van der Waals surface area contributed by atoms with Crippen LogP contribution in [0.2, 0.25) is 0 Å². The summed E-state index contributed by atoms with van der Waals surface area (Å²) < 4.78 is 5.74. The predicted octanol–water partition coefficient (Wildman–Crippen LogP) is 4.63. The molecule has 5 heteroatoms. The summed E-state index contributed by atoms with van der Waals surface area (Å²) in [4.78, 5) is 19.5. The highest BCUT2D eigenvalue weighted by Crippen LogP contribution is 2.35. The summed E-state index contributed by atoms with van der Waals surface area (Å²) in [6.45, 7) is 0.557. The number of amides is 1. The largest absolute Gasteiger partial charge is 0.484 e. The fourth-order valence-electron chi connectivity index (χ4n) is 3.65. The molecule has 1 amide bonds. The molecule has 1 aromatic heterocycles. The molecule has 3 aromatic rings. The minimum Gasteiger partial charge on any atom is -0.484 e. The van der Waals surface area contributed by atoms with E-state index in [0.717, 1.165) is 24.3 Å². The van der Waals surface area contributed by atoms with E-state index in [1.807, 2.05) is 40.6 Å². The second-order valence-electron chi connectivity index (χ2n) is 6.66. The van der Waals surface area contributed by atoms with Gasteiger partial charge in [0.15, 0.2) is 6.61 Å². The van der Waals surface area contributed by atoms with Crippen molar-refractivity contribution >= 4 is 17.2 Å². The SMILES string of the molecule is O=C(COc1ccccc1)N(Cc1nccs1)C1CCCc2ccccc21. The zero-order valence-electron chi connectivity index (χ0n) is 15.1. The van der Waals surface area contributed by atoms with E-state index in [0.29, 0.717) is 12.3 Å². The maximum Gasteiger partial charge on any atom is 0.261 e. The Hall–Kier alpha value is -2.66. The number of para-hydroxylation sites is 1. The number of hydrogen-bond acceptors (Lipinski definition) is 4. The number of carbonyl (C=O) groups excluding carboxylic acids is 1. The normalized spacial score (nSPS) is 15.8. The molecule has 4 nitrogen and oxygen atoms in total. The maximum absolute atomic E-state index is 13.1. The van der Waals surface area contributed by atoms with Gasteiger partial charge in [0.2, 0.25) is 0 Å². The highest BCUT2D eigenvalue weighted by molar-refractivity contribution is 7.09. The fourth-order valence-corrected chi connectivity index (χ4v) is 4.26. The highest BCUT2D eigenvalue weighted by Gasteiger charge is 2.30. The molecule has 0 radical (unpaired) electrons. The molecule has 0 saturated carbocycles. The van der Waals surface area contributed by atoms with Gasteiger partial charge in [0.1, 0.15) is 10.8 Å². The van der Waals surface area contributed by atoms with Crippen LogP contribution in [-0.2, 0) is 17.8 Å². The third-order valence-electron chi connectivity index (χ3n) is 4.93. The molecule has 27 heavy (non-hydrogen) atoms. The lowest BCUT2D eigenvalue weighted by Crippen LogP contribution is -2.39. The molecule has 0 bridgehead atoms. The number of fused-ring (bicyclic) bond motifs is 1. The van der Waals surface area contributed by atoms with Crippen molar-refractivity contribution in [2.45, 2.75) is 31.8 Å². The van der Waals surface area contributed by atoms with Gasteiger partial charge in [-0.25, -0.2) is 4.98 Å². The Balaban J connectivity index is 1.56. The minimum absolute atomic E-state index is 0.00393. The van der Waals surface area contributed by atoms with Crippen LogP contribution in [0.25, 0.3) is 0 Å². The molecule has 138 valence electrons. The number of rotatable bonds is 6. The van der Waals surface area contributed by atoms with E-state index in [2.05, 4.69) is 29.2 Å². The van der Waals surface area contributed by atoms with Crippen molar-refractivity contribution in [3.63, 3.8) is 0 Å². The number of benzene rings is 2. The van der Waals surface area contributed by atoms with Crippen LogP contribution in [0.1, 0.15) is 35.0 Å². The third kappa shape index (κ3) is 4.19. The molecule has 0 aliphatic heterocycles. The Morgan fingerprint density at radius 3 is 2.78 bits per heavy atom. The van der Waals surface area contributed by atoms with Crippen molar-refractivity contribution in [1.29, 1.82) is 0 Å². The van der Waals surface area contributed by atoms with Crippen molar-refractivity contribution in [3.05, 3.63) is 82.3 Å².